The summed E-state index contributed by atoms with van der Waals surface area (Å²) in [4.78, 5) is 12.2. The number of para-hydroxylation sites is 2. The molecular weight excluding hydrogens is 358 g/mol. The van der Waals surface area contributed by atoms with Gasteiger partial charge in [-0.15, -0.1) is 0 Å². The SMILES string of the molecule is Cc1ccc(N2COc3c(c4nc5ccccc5nc4c4ccccc34)C2)cc1. The molecule has 0 atom stereocenters. The minimum Gasteiger partial charge on any atom is -0.472 e. The minimum absolute atomic E-state index is 0.520. The molecule has 0 fully saturated rings. The van der Waals surface area contributed by atoms with E-state index in [4.69, 9.17) is 14.7 Å². The lowest BCUT2D eigenvalue weighted by atomic mass is 10.0. The van der Waals surface area contributed by atoms with Gasteiger partial charge in [0.2, 0.25) is 0 Å². The second kappa shape index (κ2) is 6.17. The molecular formula is C25H19N3O. The molecule has 0 radical (unpaired) electrons. The summed E-state index contributed by atoms with van der Waals surface area (Å²) >= 11 is 0. The molecule has 0 amide bonds. The summed E-state index contributed by atoms with van der Waals surface area (Å²) in [6.07, 6.45) is 0. The first-order valence-electron chi connectivity index (χ1n) is 9.82. The molecule has 0 N–H and O–H groups in total. The molecule has 5 aromatic rings. The number of nitrogens with zero attached hydrogens (tertiary/aromatic N) is 3. The summed E-state index contributed by atoms with van der Waals surface area (Å²) in [6, 6.07) is 24.9. The predicted octanol–water partition coefficient (Wildman–Crippen LogP) is 5.60. The number of ether oxygens (including phenoxy) is 1. The van der Waals surface area contributed by atoms with Gasteiger partial charge in [0.1, 0.15) is 5.75 Å². The van der Waals surface area contributed by atoms with Gasteiger partial charge in [0, 0.05) is 22.0 Å². The molecule has 29 heavy (non-hydrogen) atoms. The molecule has 0 aliphatic carbocycles. The highest BCUT2D eigenvalue weighted by atomic mass is 16.5. The topological polar surface area (TPSA) is 38.2 Å². The van der Waals surface area contributed by atoms with Crippen LogP contribution in [0.25, 0.3) is 32.8 Å². The van der Waals surface area contributed by atoms with Gasteiger partial charge in [0.25, 0.3) is 0 Å². The first-order chi connectivity index (χ1) is 14.3. The number of aryl methyl sites for hydroxylation is 1. The summed E-state index contributed by atoms with van der Waals surface area (Å²) in [6.45, 7) is 3.37. The Bertz CT molecular complexity index is 1390. The monoisotopic (exact) mass is 377 g/mol. The van der Waals surface area contributed by atoms with Crippen LogP contribution in [-0.2, 0) is 6.54 Å². The molecule has 0 unspecified atom stereocenters. The number of fused-ring (bicyclic) bond motifs is 7. The number of hydrogen-bond donors (Lipinski definition) is 0. The fourth-order valence-corrected chi connectivity index (χ4v) is 4.17. The molecule has 1 aliphatic rings. The van der Waals surface area contributed by atoms with E-state index >= 15 is 0 Å². The Morgan fingerprint density at radius 3 is 2.17 bits per heavy atom. The zero-order valence-electron chi connectivity index (χ0n) is 16.1. The Morgan fingerprint density at radius 1 is 0.759 bits per heavy atom. The molecule has 0 saturated heterocycles. The van der Waals surface area contributed by atoms with E-state index in [2.05, 4.69) is 54.3 Å². The van der Waals surface area contributed by atoms with Crippen molar-refractivity contribution in [2.45, 2.75) is 13.5 Å². The molecule has 4 aromatic carbocycles. The largest absolute Gasteiger partial charge is 0.472 e. The lowest BCUT2D eigenvalue weighted by molar-refractivity contribution is 0.294. The Balaban J connectivity index is 1.63. The van der Waals surface area contributed by atoms with E-state index in [1.165, 1.54) is 5.56 Å². The summed E-state index contributed by atoms with van der Waals surface area (Å²) < 4.78 is 6.31. The van der Waals surface area contributed by atoms with Gasteiger partial charge < -0.3 is 9.64 Å². The molecule has 0 saturated carbocycles. The highest BCUT2D eigenvalue weighted by Gasteiger charge is 2.25. The summed E-state index contributed by atoms with van der Waals surface area (Å²) in [5.74, 6) is 0.932. The van der Waals surface area contributed by atoms with Gasteiger partial charge in [-0.3, -0.25) is 0 Å². The van der Waals surface area contributed by atoms with Gasteiger partial charge >= 0.3 is 0 Å². The Morgan fingerprint density at radius 2 is 1.41 bits per heavy atom. The highest BCUT2D eigenvalue weighted by molar-refractivity contribution is 6.10. The van der Waals surface area contributed by atoms with Crippen LogP contribution in [0, 0.1) is 6.92 Å². The lowest BCUT2D eigenvalue weighted by Crippen LogP contribution is -2.32. The minimum atomic E-state index is 0.520. The second-order valence-electron chi connectivity index (χ2n) is 7.57. The fourth-order valence-electron chi connectivity index (χ4n) is 4.17. The molecule has 0 bridgehead atoms. The van der Waals surface area contributed by atoms with Crippen molar-refractivity contribution in [3.8, 4) is 5.75 Å². The van der Waals surface area contributed by atoms with Crippen molar-refractivity contribution < 1.29 is 4.74 Å². The molecule has 4 nitrogen and oxygen atoms in total. The zero-order valence-corrected chi connectivity index (χ0v) is 16.1. The zero-order chi connectivity index (χ0) is 19.4. The van der Waals surface area contributed by atoms with E-state index in [-0.39, 0.29) is 0 Å². The number of aromatic nitrogens is 2. The van der Waals surface area contributed by atoms with Gasteiger partial charge in [0.15, 0.2) is 6.73 Å². The van der Waals surface area contributed by atoms with Crippen LogP contribution in [0.4, 0.5) is 5.69 Å². The van der Waals surface area contributed by atoms with Crippen LogP contribution in [0.3, 0.4) is 0 Å². The predicted molar refractivity (Wildman–Crippen MR) is 117 cm³/mol. The van der Waals surface area contributed by atoms with E-state index in [9.17, 15) is 0 Å². The maximum Gasteiger partial charge on any atom is 0.161 e. The maximum atomic E-state index is 6.31. The summed E-state index contributed by atoms with van der Waals surface area (Å²) in [5.41, 5.74) is 7.18. The maximum absolute atomic E-state index is 6.31. The van der Waals surface area contributed by atoms with Gasteiger partial charge in [-0.25, -0.2) is 9.97 Å². The van der Waals surface area contributed by atoms with Crippen molar-refractivity contribution in [2.24, 2.45) is 0 Å². The van der Waals surface area contributed by atoms with E-state index in [1.807, 2.05) is 30.3 Å². The normalized spacial score (nSPS) is 13.6. The van der Waals surface area contributed by atoms with Crippen molar-refractivity contribution in [1.29, 1.82) is 0 Å². The van der Waals surface area contributed by atoms with Crippen LogP contribution >= 0.6 is 0 Å². The molecule has 1 aromatic heterocycles. The summed E-state index contributed by atoms with van der Waals surface area (Å²) in [7, 11) is 0. The van der Waals surface area contributed by atoms with Crippen molar-refractivity contribution in [3.05, 3.63) is 83.9 Å². The van der Waals surface area contributed by atoms with E-state index in [0.29, 0.717) is 6.73 Å². The van der Waals surface area contributed by atoms with Crippen LogP contribution in [0.15, 0.2) is 72.8 Å². The average molecular weight is 377 g/mol. The third-order valence-corrected chi connectivity index (χ3v) is 5.67. The number of hydrogen-bond acceptors (Lipinski definition) is 4. The van der Waals surface area contributed by atoms with Crippen LogP contribution < -0.4 is 9.64 Å². The van der Waals surface area contributed by atoms with Crippen LogP contribution in [0.2, 0.25) is 0 Å². The summed E-state index contributed by atoms with van der Waals surface area (Å²) in [5, 5.41) is 2.19. The Kier molecular flexibility index (Phi) is 3.47. The van der Waals surface area contributed by atoms with Gasteiger partial charge in [-0.2, -0.15) is 0 Å². The molecule has 1 aliphatic heterocycles. The first-order valence-corrected chi connectivity index (χ1v) is 9.82. The van der Waals surface area contributed by atoms with Crippen LogP contribution in [0.5, 0.6) is 5.75 Å². The second-order valence-corrected chi connectivity index (χ2v) is 7.57. The van der Waals surface area contributed by atoms with Gasteiger partial charge in [0.05, 0.1) is 28.6 Å². The van der Waals surface area contributed by atoms with E-state index in [0.717, 1.165) is 56.4 Å². The fraction of sp³-hybridized carbons (Fsp3) is 0.120. The Hall–Kier alpha value is -3.66. The Labute approximate surface area is 168 Å². The van der Waals surface area contributed by atoms with Gasteiger partial charge in [-0.05, 0) is 31.2 Å². The third kappa shape index (κ3) is 2.53. The van der Waals surface area contributed by atoms with Crippen LogP contribution in [0.1, 0.15) is 11.1 Å². The molecule has 6 rings (SSSR count). The van der Waals surface area contributed by atoms with Crippen molar-refractivity contribution >= 4 is 38.5 Å². The number of rotatable bonds is 1. The van der Waals surface area contributed by atoms with E-state index < -0.39 is 0 Å². The average Bonchev–Trinajstić information content (AvgIpc) is 2.78. The first kappa shape index (κ1) is 16.3. The number of anilines is 1. The standard InChI is InChI=1S/C25H19N3O/c1-16-10-12-17(13-11-16)28-14-20-24-23(26-21-8-4-5-9-22(21)27-24)18-6-2-3-7-19(18)25(20)29-15-28/h2-13H,14-15H2,1H3. The van der Waals surface area contributed by atoms with Crippen molar-refractivity contribution in [3.63, 3.8) is 0 Å². The van der Waals surface area contributed by atoms with Crippen LogP contribution in [-0.4, -0.2) is 16.7 Å². The molecule has 2 heterocycles. The van der Waals surface area contributed by atoms with Crippen molar-refractivity contribution in [1.82, 2.24) is 9.97 Å². The quantitative estimate of drug-likeness (QED) is 0.281. The third-order valence-electron chi connectivity index (χ3n) is 5.67. The number of benzene rings is 4. The van der Waals surface area contributed by atoms with Gasteiger partial charge in [-0.1, -0.05) is 54.1 Å². The van der Waals surface area contributed by atoms with Crippen molar-refractivity contribution in [2.75, 3.05) is 11.6 Å². The van der Waals surface area contributed by atoms with E-state index in [1.54, 1.807) is 0 Å². The molecule has 140 valence electrons. The molecule has 0 spiro atoms. The smallest absolute Gasteiger partial charge is 0.161 e. The lowest BCUT2D eigenvalue weighted by Gasteiger charge is -2.32. The highest BCUT2D eigenvalue weighted by Crippen LogP contribution is 2.40. The molecule has 4 heteroatoms.